The van der Waals surface area contributed by atoms with E-state index in [0.717, 1.165) is 48.3 Å². The van der Waals surface area contributed by atoms with E-state index in [-0.39, 0.29) is 23.5 Å². The third kappa shape index (κ3) is 5.48. The zero-order valence-corrected chi connectivity index (χ0v) is 22.3. The van der Waals surface area contributed by atoms with Crippen molar-refractivity contribution in [3.05, 3.63) is 64.5 Å². The second kappa shape index (κ2) is 10.3. The van der Waals surface area contributed by atoms with Gasteiger partial charge in [0.15, 0.2) is 0 Å². The Bertz CT molecular complexity index is 1130. The Hall–Kier alpha value is -2.65. The van der Waals surface area contributed by atoms with Crippen LogP contribution in [-0.2, 0) is 6.18 Å². The molecule has 3 heterocycles. The molecule has 0 radical (unpaired) electrons. The fourth-order valence-electron chi connectivity index (χ4n) is 5.95. The molecular formula is C28H38F3N4O2+. The zero-order chi connectivity index (χ0) is 27.1. The second-order valence-electron chi connectivity index (χ2n) is 10.9. The van der Waals surface area contributed by atoms with E-state index >= 15 is 0 Å². The number of halogens is 3. The smallest absolute Gasteiger partial charge is 0.338 e. The first kappa shape index (κ1) is 27.4. The van der Waals surface area contributed by atoms with Crippen LogP contribution >= 0.6 is 0 Å². The molecule has 2 aliphatic heterocycles. The Morgan fingerprint density at radius 2 is 1.70 bits per heavy atom. The average Bonchev–Trinajstić information content (AvgIpc) is 2.86. The van der Waals surface area contributed by atoms with Gasteiger partial charge in [-0.05, 0) is 63.8 Å². The summed E-state index contributed by atoms with van der Waals surface area (Å²) in [6.07, 6.45) is -1.04. The van der Waals surface area contributed by atoms with E-state index in [1.54, 1.807) is 31.3 Å². The first-order valence-electron chi connectivity index (χ1n) is 13.0. The number of nitrogens with zero attached hydrogens (tertiary/aromatic N) is 4. The van der Waals surface area contributed by atoms with Gasteiger partial charge in [0.25, 0.3) is 5.91 Å². The van der Waals surface area contributed by atoms with Crippen molar-refractivity contribution in [2.75, 3.05) is 32.7 Å². The third-order valence-corrected chi connectivity index (χ3v) is 8.57. The number of amides is 1. The molecule has 1 amide bonds. The first-order chi connectivity index (χ1) is 17.3. The van der Waals surface area contributed by atoms with Gasteiger partial charge in [0.05, 0.1) is 5.56 Å². The summed E-state index contributed by atoms with van der Waals surface area (Å²) < 4.78 is 39.9. The molecular weight excluding hydrogens is 481 g/mol. The lowest BCUT2D eigenvalue weighted by molar-refractivity contribution is -0.908. The molecule has 6 nitrogen and oxygen atoms in total. The number of benzene rings is 1. The molecule has 1 N–H and O–H groups in total. The van der Waals surface area contributed by atoms with E-state index in [1.807, 2.05) is 11.8 Å². The van der Waals surface area contributed by atoms with Crippen LogP contribution in [0.5, 0.6) is 0 Å². The molecule has 1 aromatic heterocycles. The van der Waals surface area contributed by atoms with Crippen molar-refractivity contribution in [2.45, 2.75) is 71.3 Å². The maximum absolute atomic E-state index is 13.3. The Morgan fingerprint density at radius 3 is 2.27 bits per heavy atom. The molecule has 0 aliphatic carbocycles. The second-order valence-corrected chi connectivity index (χ2v) is 10.9. The molecule has 2 aliphatic rings. The van der Waals surface area contributed by atoms with Crippen LogP contribution in [0.25, 0.3) is 0 Å². The highest BCUT2D eigenvalue weighted by molar-refractivity contribution is 5.96. The Kier molecular flexibility index (Phi) is 7.59. The Morgan fingerprint density at radius 1 is 1.08 bits per heavy atom. The highest BCUT2D eigenvalue weighted by atomic mass is 19.4. The van der Waals surface area contributed by atoms with Gasteiger partial charge >= 0.3 is 6.18 Å². The topological polar surface area (TPSA) is 50.9 Å². The molecule has 4 rings (SSSR count). The number of rotatable bonds is 4. The maximum Gasteiger partial charge on any atom is 0.416 e. The summed E-state index contributed by atoms with van der Waals surface area (Å²) in [4.78, 5) is 20.1. The van der Waals surface area contributed by atoms with Crippen LogP contribution in [0.2, 0.25) is 0 Å². The predicted molar refractivity (Wildman–Crippen MR) is 134 cm³/mol. The number of piperazine rings is 1. The molecule has 37 heavy (non-hydrogen) atoms. The highest BCUT2D eigenvalue weighted by Gasteiger charge is 2.41. The van der Waals surface area contributed by atoms with Gasteiger partial charge < -0.3 is 4.90 Å². The van der Waals surface area contributed by atoms with Gasteiger partial charge in [-0.25, -0.2) is 0 Å². The fourth-order valence-corrected chi connectivity index (χ4v) is 5.95. The number of hydrogen-bond donors (Lipinski definition) is 1. The van der Waals surface area contributed by atoms with Gasteiger partial charge in [0.2, 0.25) is 11.9 Å². The molecule has 1 aromatic carbocycles. The quantitative estimate of drug-likeness (QED) is 0.474. The summed E-state index contributed by atoms with van der Waals surface area (Å²) in [6.45, 7) is 14.1. The molecule has 2 saturated heterocycles. The lowest BCUT2D eigenvalue weighted by Crippen LogP contribution is -2.62. The van der Waals surface area contributed by atoms with E-state index in [1.165, 1.54) is 12.1 Å². The number of carbonyl (C=O) groups is 1. The minimum absolute atomic E-state index is 0.0214. The molecule has 2 fully saturated rings. The zero-order valence-electron chi connectivity index (χ0n) is 22.3. The summed E-state index contributed by atoms with van der Waals surface area (Å²) in [6, 6.07) is 7.55. The number of carbonyl (C=O) groups excluding carboxylic acids is 1. The number of piperidine rings is 1. The van der Waals surface area contributed by atoms with Crippen LogP contribution in [-0.4, -0.2) is 70.1 Å². The van der Waals surface area contributed by atoms with Crippen molar-refractivity contribution < 1.29 is 27.9 Å². The van der Waals surface area contributed by atoms with E-state index in [0.29, 0.717) is 24.3 Å². The van der Waals surface area contributed by atoms with E-state index in [2.05, 4.69) is 30.6 Å². The monoisotopic (exact) mass is 519 g/mol. The first-order valence-corrected chi connectivity index (χ1v) is 13.0. The van der Waals surface area contributed by atoms with Crippen molar-refractivity contribution in [3.8, 4) is 0 Å². The van der Waals surface area contributed by atoms with Gasteiger partial charge in [0, 0.05) is 68.1 Å². The fraction of sp³-hybridized carbons (Fsp3) is 0.571. The van der Waals surface area contributed by atoms with Crippen molar-refractivity contribution in [3.63, 3.8) is 0 Å². The minimum Gasteiger partial charge on any atom is -0.338 e. The van der Waals surface area contributed by atoms with Gasteiger partial charge in [0.1, 0.15) is 5.56 Å². The summed E-state index contributed by atoms with van der Waals surface area (Å²) in [5, 5.41) is 10.0. The van der Waals surface area contributed by atoms with E-state index < -0.39 is 11.7 Å². The van der Waals surface area contributed by atoms with Crippen LogP contribution < -0.4 is 4.73 Å². The summed E-state index contributed by atoms with van der Waals surface area (Å²) in [7, 11) is 0. The molecule has 0 saturated carbocycles. The molecule has 0 spiro atoms. The van der Waals surface area contributed by atoms with E-state index in [4.69, 9.17) is 0 Å². The Balaban J connectivity index is 1.37. The molecule has 0 unspecified atom stereocenters. The maximum atomic E-state index is 13.3. The number of aryl methyl sites for hydroxylation is 1. The SMILES string of the molecule is Cc1cc[n+](O)c(C)c1C(=O)N1CCC(C)(N2CCN([C@@H](C)c3ccc(C(F)(F)F)cc3)[C@@H](C)C2)CC1. The number of hydrogen-bond acceptors (Lipinski definition) is 4. The summed E-state index contributed by atoms with van der Waals surface area (Å²) in [5.41, 5.74) is 2.22. The van der Waals surface area contributed by atoms with Crippen LogP contribution in [0, 0.1) is 13.8 Å². The van der Waals surface area contributed by atoms with Gasteiger partial charge in [-0.3, -0.25) is 19.8 Å². The van der Waals surface area contributed by atoms with Crippen LogP contribution in [0.1, 0.15) is 72.4 Å². The number of pyridine rings is 1. The summed E-state index contributed by atoms with van der Waals surface area (Å²) in [5.74, 6) is -0.0380. The van der Waals surface area contributed by atoms with Crippen LogP contribution in [0.4, 0.5) is 13.2 Å². The predicted octanol–water partition coefficient (Wildman–Crippen LogP) is 4.61. The van der Waals surface area contributed by atoms with Gasteiger partial charge in [-0.2, -0.15) is 13.2 Å². The third-order valence-electron chi connectivity index (χ3n) is 8.57. The molecule has 2 atom stereocenters. The van der Waals surface area contributed by atoms with Gasteiger partial charge in [-0.1, -0.05) is 12.1 Å². The van der Waals surface area contributed by atoms with Gasteiger partial charge in [-0.15, -0.1) is 0 Å². The number of aromatic nitrogens is 1. The molecule has 2 aromatic rings. The van der Waals surface area contributed by atoms with Crippen molar-refractivity contribution in [1.29, 1.82) is 0 Å². The van der Waals surface area contributed by atoms with Crippen LogP contribution in [0.15, 0.2) is 36.5 Å². The standard InChI is InChI=1S/C28H38F3N4O2/c1-19-10-13-35(37)22(4)25(19)26(36)32-14-11-27(5,12-15-32)33-16-17-34(20(2)18-33)21(3)23-6-8-24(9-7-23)28(29,30)31/h6-10,13,20-21,37H,11-12,14-18H2,1-5H3/q+1/t20-,21-/m0/s1. The highest BCUT2D eigenvalue weighted by Crippen LogP contribution is 2.35. The average molecular weight is 520 g/mol. The number of alkyl halides is 3. The largest absolute Gasteiger partial charge is 0.416 e. The normalized spacial score (nSPS) is 22.2. The lowest BCUT2D eigenvalue weighted by Gasteiger charge is -2.52. The van der Waals surface area contributed by atoms with Crippen molar-refractivity contribution in [1.82, 2.24) is 14.7 Å². The van der Waals surface area contributed by atoms with Crippen LogP contribution in [0.3, 0.4) is 0 Å². The minimum atomic E-state index is -4.32. The molecule has 202 valence electrons. The Labute approximate surface area is 217 Å². The molecule has 9 heteroatoms. The number of likely N-dealkylation sites (tertiary alicyclic amines) is 1. The van der Waals surface area contributed by atoms with Crippen molar-refractivity contribution in [2.24, 2.45) is 0 Å². The lowest BCUT2D eigenvalue weighted by atomic mass is 9.86. The summed E-state index contributed by atoms with van der Waals surface area (Å²) >= 11 is 0. The molecule has 0 bridgehead atoms. The van der Waals surface area contributed by atoms with Crippen molar-refractivity contribution >= 4 is 5.91 Å². The van der Waals surface area contributed by atoms with E-state index in [9.17, 15) is 23.2 Å².